The van der Waals surface area contributed by atoms with Crippen molar-refractivity contribution in [3.05, 3.63) is 86.3 Å². The van der Waals surface area contributed by atoms with Gasteiger partial charge in [-0.3, -0.25) is 9.59 Å². The Labute approximate surface area is 235 Å². The molecule has 0 aliphatic rings. The maximum atomic E-state index is 13.6. The lowest BCUT2D eigenvalue weighted by Crippen LogP contribution is -2.49. The zero-order chi connectivity index (χ0) is 27.1. The Morgan fingerprint density at radius 1 is 1.05 bits per heavy atom. The van der Waals surface area contributed by atoms with Gasteiger partial charge in [0.25, 0.3) is 0 Å². The number of likely N-dealkylation sites (N-methyl/N-ethyl adjacent to an activating group) is 1. The van der Waals surface area contributed by atoms with Gasteiger partial charge >= 0.3 is 0 Å². The lowest BCUT2D eigenvalue weighted by atomic mass is 10.0. The molecule has 0 aliphatic carbocycles. The molecule has 2 amide bonds. The molecule has 0 heterocycles. The SMILES string of the molecule is CCC(C)C(=O)N[C@@H](Cc1ccc(O)cc1)C(=O)N(C)Cc1ccc(Br)cc1Oc1ccc(Cl)c(Cl)c1. The van der Waals surface area contributed by atoms with Gasteiger partial charge in [0.05, 0.1) is 10.0 Å². The van der Waals surface area contributed by atoms with Gasteiger partial charge in [0.15, 0.2) is 0 Å². The maximum Gasteiger partial charge on any atom is 0.245 e. The highest BCUT2D eigenvalue weighted by molar-refractivity contribution is 9.10. The number of phenolic OH excluding ortho intramolecular Hbond substituents is 1. The second kappa shape index (κ2) is 13.2. The van der Waals surface area contributed by atoms with E-state index in [1.807, 2.05) is 32.0 Å². The van der Waals surface area contributed by atoms with Crippen LogP contribution >= 0.6 is 39.1 Å². The standard InChI is InChI=1S/C28H29BrCl2N2O4/c1-4-17(2)27(35)32-25(13-18-5-9-21(34)10-6-18)28(36)33(3)16-19-7-8-20(29)14-26(19)37-22-11-12-23(30)24(31)15-22/h5-12,14-15,17,25,34H,4,13,16H2,1-3H3,(H,32,35)/t17?,25-/m0/s1. The van der Waals surface area contributed by atoms with Gasteiger partial charge in [0, 0.05) is 42.0 Å². The number of halogens is 3. The number of rotatable bonds is 10. The summed E-state index contributed by atoms with van der Waals surface area (Å²) in [4.78, 5) is 27.8. The van der Waals surface area contributed by atoms with E-state index >= 15 is 0 Å². The average molecular weight is 608 g/mol. The predicted octanol–water partition coefficient (Wildman–Crippen LogP) is 6.99. The number of nitrogens with zero attached hydrogens (tertiary/aromatic N) is 1. The number of carbonyl (C=O) groups excluding carboxylic acids is 2. The van der Waals surface area contributed by atoms with E-state index in [9.17, 15) is 14.7 Å². The maximum absolute atomic E-state index is 13.6. The predicted molar refractivity (Wildman–Crippen MR) is 150 cm³/mol. The van der Waals surface area contributed by atoms with E-state index in [-0.39, 0.29) is 30.0 Å². The van der Waals surface area contributed by atoms with Crippen LogP contribution in [0.3, 0.4) is 0 Å². The second-order valence-electron chi connectivity index (χ2n) is 8.87. The third-order valence-electron chi connectivity index (χ3n) is 5.98. The summed E-state index contributed by atoms with van der Waals surface area (Å²) in [7, 11) is 1.69. The van der Waals surface area contributed by atoms with Crippen LogP contribution in [0.5, 0.6) is 17.2 Å². The molecular formula is C28H29BrCl2N2O4. The van der Waals surface area contributed by atoms with E-state index in [1.54, 1.807) is 54.4 Å². The van der Waals surface area contributed by atoms with Gasteiger partial charge in [-0.05, 0) is 48.4 Å². The Morgan fingerprint density at radius 2 is 1.76 bits per heavy atom. The van der Waals surface area contributed by atoms with E-state index < -0.39 is 6.04 Å². The third kappa shape index (κ3) is 8.12. The second-order valence-corrected chi connectivity index (χ2v) is 10.6. The molecule has 0 saturated carbocycles. The first-order valence-electron chi connectivity index (χ1n) is 11.8. The summed E-state index contributed by atoms with van der Waals surface area (Å²) in [6.07, 6.45) is 0.953. The van der Waals surface area contributed by atoms with E-state index in [0.717, 1.165) is 15.6 Å². The normalized spacial score (nSPS) is 12.5. The van der Waals surface area contributed by atoms with E-state index in [1.165, 1.54) is 0 Å². The number of nitrogens with one attached hydrogen (secondary N) is 1. The smallest absolute Gasteiger partial charge is 0.245 e. The molecule has 0 radical (unpaired) electrons. The fraction of sp³-hybridized carbons (Fsp3) is 0.286. The summed E-state index contributed by atoms with van der Waals surface area (Å²) in [6, 6.07) is 16.4. The summed E-state index contributed by atoms with van der Waals surface area (Å²) in [5.41, 5.74) is 1.59. The van der Waals surface area contributed by atoms with E-state index in [2.05, 4.69) is 21.2 Å². The van der Waals surface area contributed by atoms with Crippen LogP contribution < -0.4 is 10.1 Å². The number of carbonyl (C=O) groups is 2. The Kier molecular flexibility index (Phi) is 10.3. The van der Waals surface area contributed by atoms with Crippen LogP contribution in [0.4, 0.5) is 0 Å². The highest BCUT2D eigenvalue weighted by Crippen LogP contribution is 2.33. The van der Waals surface area contributed by atoms with Gasteiger partial charge in [0.1, 0.15) is 23.3 Å². The number of hydrogen-bond acceptors (Lipinski definition) is 4. The fourth-order valence-electron chi connectivity index (χ4n) is 3.59. The van der Waals surface area contributed by atoms with Crippen molar-refractivity contribution in [1.82, 2.24) is 10.2 Å². The first-order valence-corrected chi connectivity index (χ1v) is 13.4. The Bertz CT molecular complexity index is 1250. The van der Waals surface area contributed by atoms with Crippen LogP contribution in [0.15, 0.2) is 65.1 Å². The van der Waals surface area contributed by atoms with Gasteiger partial charge in [0.2, 0.25) is 11.8 Å². The third-order valence-corrected chi connectivity index (χ3v) is 7.21. The molecule has 0 saturated heterocycles. The zero-order valence-electron chi connectivity index (χ0n) is 20.8. The molecule has 2 N–H and O–H groups in total. The monoisotopic (exact) mass is 606 g/mol. The molecule has 196 valence electrons. The minimum absolute atomic E-state index is 0.136. The van der Waals surface area contributed by atoms with Crippen LogP contribution in [0.1, 0.15) is 31.4 Å². The topological polar surface area (TPSA) is 78.9 Å². The minimum atomic E-state index is -0.772. The van der Waals surface area contributed by atoms with Crippen molar-refractivity contribution in [3.8, 4) is 17.2 Å². The molecular weight excluding hydrogens is 579 g/mol. The van der Waals surface area contributed by atoms with Crippen molar-refractivity contribution in [2.75, 3.05) is 7.05 Å². The molecule has 3 aromatic rings. The number of aromatic hydroxyl groups is 1. The van der Waals surface area contributed by atoms with Crippen LogP contribution in [0.2, 0.25) is 10.0 Å². The molecule has 0 aliphatic heterocycles. The summed E-state index contributed by atoms with van der Waals surface area (Å²) < 4.78 is 6.89. The number of amides is 2. The van der Waals surface area contributed by atoms with Gasteiger partial charge in [-0.25, -0.2) is 0 Å². The van der Waals surface area contributed by atoms with E-state index in [0.29, 0.717) is 34.4 Å². The van der Waals surface area contributed by atoms with Crippen molar-refractivity contribution >= 4 is 50.9 Å². The molecule has 0 fully saturated rings. The van der Waals surface area contributed by atoms with Gasteiger partial charge in [-0.15, -0.1) is 0 Å². The van der Waals surface area contributed by atoms with Gasteiger partial charge in [-0.2, -0.15) is 0 Å². The average Bonchev–Trinajstić information content (AvgIpc) is 2.87. The molecule has 0 spiro atoms. The minimum Gasteiger partial charge on any atom is -0.508 e. The summed E-state index contributed by atoms with van der Waals surface area (Å²) in [5, 5.41) is 13.3. The molecule has 3 rings (SSSR count). The number of phenols is 1. The Balaban J connectivity index is 1.82. The molecule has 6 nitrogen and oxygen atoms in total. The van der Waals surface area contributed by atoms with Crippen LogP contribution in [-0.2, 0) is 22.6 Å². The zero-order valence-corrected chi connectivity index (χ0v) is 23.9. The first-order chi connectivity index (χ1) is 17.6. The van der Waals surface area contributed by atoms with Gasteiger partial charge < -0.3 is 20.1 Å². The highest BCUT2D eigenvalue weighted by atomic mass is 79.9. The number of benzene rings is 3. The molecule has 0 bridgehead atoms. The first kappa shape index (κ1) is 28.8. The van der Waals surface area contributed by atoms with Crippen LogP contribution in [0, 0.1) is 5.92 Å². The van der Waals surface area contributed by atoms with E-state index in [4.69, 9.17) is 27.9 Å². The summed E-state index contributed by atoms with van der Waals surface area (Å²) in [6.45, 7) is 4.00. The molecule has 37 heavy (non-hydrogen) atoms. The van der Waals surface area contributed by atoms with Crippen molar-refractivity contribution < 1.29 is 19.4 Å². The van der Waals surface area contributed by atoms with Crippen LogP contribution in [0.25, 0.3) is 0 Å². The van der Waals surface area contributed by atoms with Crippen molar-refractivity contribution in [3.63, 3.8) is 0 Å². The van der Waals surface area contributed by atoms with Gasteiger partial charge in [-0.1, -0.05) is 71.2 Å². The molecule has 9 heteroatoms. The lowest BCUT2D eigenvalue weighted by Gasteiger charge is -2.26. The quantitative estimate of drug-likeness (QED) is 0.260. The molecule has 2 atom stereocenters. The molecule has 0 aromatic heterocycles. The summed E-state index contributed by atoms with van der Waals surface area (Å²) >= 11 is 15.6. The molecule has 1 unspecified atom stereocenters. The largest absolute Gasteiger partial charge is 0.508 e. The fourth-order valence-corrected chi connectivity index (χ4v) is 4.22. The summed E-state index contributed by atoms with van der Waals surface area (Å²) in [5.74, 6) is 0.545. The number of ether oxygens (including phenoxy) is 1. The Morgan fingerprint density at radius 3 is 2.41 bits per heavy atom. The molecule has 3 aromatic carbocycles. The highest BCUT2D eigenvalue weighted by Gasteiger charge is 2.26. The Hall–Kier alpha value is -2.74. The van der Waals surface area contributed by atoms with Crippen molar-refractivity contribution in [1.29, 1.82) is 0 Å². The van der Waals surface area contributed by atoms with Crippen molar-refractivity contribution in [2.24, 2.45) is 5.92 Å². The lowest BCUT2D eigenvalue weighted by molar-refractivity contribution is -0.136. The number of hydrogen-bond donors (Lipinski definition) is 2. The van der Waals surface area contributed by atoms with Crippen molar-refractivity contribution in [2.45, 2.75) is 39.3 Å². The van der Waals surface area contributed by atoms with Crippen LogP contribution in [-0.4, -0.2) is 34.9 Å².